The quantitative estimate of drug-likeness (QED) is 0.733. The van der Waals surface area contributed by atoms with Crippen LogP contribution < -0.4 is 5.32 Å². The van der Waals surface area contributed by atoms with Gasteiger partial charge in [0.25, 0.3) is 0 Å². The van der Waals surface area contributed by atoms with Crippen LogP contribution in [0.15, 0.2) is 0 Å². The topological polar surface area (TPSA) is 66.4 Å². The number of aliphatic carboxylic acids is 1. The molecular formula is C12H23NO3. The van der Waals surface area contributed by atoms with Crippen molar-refractivity contribution in [3.05, 3.63) is 0 Å². The molecule has 0 aromatic heterocycles. The molecule has 0 aliphatic carbocycles. The number of carbonyl (C=O) groups excluding carboxylic acids is 1. The third-order valence-electron chi connectivity index (χ3n) is 3.47. The average Bonchev–Trinajstić information content (AvgIpc) is 2.20. The fourth-order valence-electron chi connectivity index (χ4n) is 1.70. The summed E-state index contributed by atoms with van der Waals surface area (Å²) in [6, 6.07) is 0. The number of hydrogen-bond donors (Lipinski definition) is 2. The van der Waals surface area contributed by atoms with Crippen molar-refractivity contribution in [1.29, 1.82) is 0 Å². The SMILES string of the molecule is CCC(CC)(CC)C(=O)NC(C)(C)C(=O)O. The monoisotopic (exact) mass is 229 g/mol. The van der Waals surface area contributed by atoms with Crippen molar-refractivity contribution >= 4 is 11.9 Å². The Labute approximate surface area is 97.4 Å². The first-order valence-electron chi connectivity index (χ1n) is 5.81. The lowest BCUT2D eigenvalue weighted by atomic mass is 9.78. The predicted molar refractivity (Wildman–Crippen MR) is 63.2 cm³/mol. The molecule has 0 aliphatic heterocycles. The first kappa shape index (κ1) is 14.9. The van der Waals surface area contributed by atoms with Gasteiger partial charge in [-0.15, -0.1) is 0 Å². The molecule has 0 heterocycles. The Balaban J connectivity index is 4.86. The molecule has 94 valence electrons. The summed E-state index contributed by atoms with van der Waals surface area (Å²) in [6.07, 6.45) is 2.17. The minimum Gasteiger partial charge on any atom is -0.480 e. The molecule has 0 aromatic carbocycles. The second-order valence-electron chi connectivity index (χ2n) is 4.73. The highest BCUT2D eigenvalue weighted by molar-refractivity contribution is 5.89. The summed E-state index contributed by atoms with van der Waals surface area (Å²) in [4.78, 5) is 23.0. The Morgan fingerprint density at radius 1 is 1.06 bits per heavy atom. The van der Waals surface area contributed by atoms with E-state index in [2.05, 4.69) is 5.32 Å². The molecule has 0 unspecified atom stereocenters. The molecule has 0 fully saturated rings. The predicted octanol–water partition coefficient (Wildman–Crippen LogP) is 2.18. The van der Waals surface area contributed by atoms with E-state index in [1.807, 2.05) is 20.8 Å². The molecular weight excluding hydrogens is 206 g/mol. The minimum atomic E-state index is -1.21. The number of carboxylic acid groups (broad SMARTS) is 1. The Morgan fingerprint density at radius 3 is 1.69 bits per heavy atom. The van der Waals surface area contributed by atoms with Gasteiger partial charge < -0.3 is 10.4 Å². The Bertz CT molecular complexity index is 259. The lowest BCUT2D eigenvalue weighted by Crippen LogP contribution is -2.54. The van der Waals surface area contributed by atoms with Gasteiger partial charge in [-0.3, -0.25) is 4.79 Å². The van der Waals surface area contributed by atoms with Crippen LogP contribution in [0.2, 0.25) is 0 Å². The fourth-order valence-corrected chi connectivity index (χ4v) is 1.70. The smallest absolute Gasteiger partial charge is 0.328 e. The van der Waals surface area contributed by atoms with Gasteiger partial charge in [0.15, 0.2) is 0 Å². The van der Waals surface area contributed by atoms with E-state index in [1.54, 1.807) is 0 Å². The molecule has 2 N–H and O–H groups in total. The number of rotatable bonds is 6. The van der Waals surface area contributed by atoms with E-state index in [0.29, 0.717) is 0 Å². The van der Waals surface area contributed by atoms with Crippen LogP contribution in [-0.2, 0) is 9.59 Å². The Kier molecular flexibility index (Phi) is 4.97. The number of hydrogen-bond acceptors (Lipinski definition) is 2. The van der Waals surface area contributed by atoms with Gasteiger partial charge in [0, 0.05) is 5.41 Å². The zero-order valence-electron chi connectivity index (χ0n) is 10.9. The van der Waals surface area contributed by atoms with E-state index >= 15 is 0 Å². The molecule has 4 heteroatoms. The van der Waals surface area contributed by atoms with E-state index < -0.39 is 16.9 Å². The Morgan fingerprint density at radius 2 is 1.44 bits per heavy atom. The molecule has 1 amide bonds. The molecule has 16 heavy (non-hydrogen) atoms. The van der Waals surface area contributed by atoms with Gasteiger partial charge in [0.2, 0.25) is 5.91 Å². The Hall–Kier alpha value is -1.06. The second kappa shape index (κ2) is 5.32. The van der Waals surface area contributed by atoms with Gasteiger partial charge in [0.1, 0.15) is 5.54 Å². The second-order valence-corrected chi connectivity index (χ2v) is 4.73. The summed E-state index contributed by atoms with van der Waals surface area (Å²) >= 11 is 0. The molecule has 0 bridgehead atoms. The first-order valence-corrected chi connectivity index (χ1v) is 5.81. The van der Waals surface area contributed by atoms with Crippen molar-refractivity contribution in [2.45, 2.75) is 59.4 Å². The van der Waals surface area contributed by atoms with Crippen molar-refractivity contribution < 1.29 is 14.7 Å². The van der Waals surface area contributed by atoms with E-state index in [0.717, 1.165) is 19.3 Å². The lowest BCUT2D eigenvalue weighted by molar-refractivity contribution is -0.148. The van der Waals surface area contributed by atoms with E-state index in [4.69, 9.17) is 5.11 Å². The zero-order chi connectivity index (χ0) is 13.0. The number of carboxylic acids is 1. The van der Waals surface area contributed by atoms with Crippen LogP contribution in [0, 0.1) is 5.41 Å². The lowest BCUT2D eigenvalue weighted by Gasteiger charge is -2.32. The molecule has 0 spiro atoms. The molecule has 0 saturated heterocycles. The maximum atomic E-state index is 12.1. The van der Waals surface area contributed by atoms with Crippen LogP contribution in [0.4, 0.5) is 0 Å². The van der Waals surface area contributed by atoms with Crippen molar-refractivity contribution in [2.75, 3.05) is 0 Å². The summed E-state index contributed by atoms with van der Waals surface area (Å²) in [5, 5.41) is 11.6. The minimum absolute atomic E-state index is 0.160. The van der Waals surface area contributed by atoms with Gasteiger partial charge >= 0.3 is 5.97 Å². The molecule has 0 atom stereocenters. The third kappa shape index (κ3) is 2.97. The average molecular weight is 229 g/mol. The maximum absolute atomic E-state index is 12.1. The number of nitrogens with one attached hydrogen (secondary N) is 1. The first-order chi connectivity index (χ1) is 7.25. The standard InChI is InChI=1S/C12H23NO3/c1-6-12(7-2,8-3)9(14)13-11(4,5)10(15)16/h6-8H2,1-5H3,(H,13,14)(H,15,16). The van der Waals surface area contributed by atoms with Crippen molar-refractivity contribution in [2.24, 2.45) is 5.41 Å². The van der Waals surface area contributed by atoms with Gasteiger partial charge in [-0.25, -0.2) is 4.79 Å². The van der Waals surface area contributed by atoms with Crippen molar-refractivity contribution in [3.63, 3.8) is 0 Å². The molecule has 4 nitrogen and oxygen atoms in total. The summed E-state index contributed by atoms with van der Waals surface area (Å²) in [6.45, 7) is 8.87. The summed E-state index contributed by atoms with van der Waals surface area (Å²) < 4.78 is 0. The fraction of sp³-hybridized carbons (Fsp3) is 0.833. The highest BCUT2D eigenvalue weighted by Crippen LogP contribution is 2.31. The van der Waals surface area contributed by atoms with Gasteiger partial charge in [-0.05, 0) is 33.1 Å². The maximum Gasteiger partial charge on any atom is 0.328 e. The third-order valence-corrected chi connectivity index (χ3v) is 3.47. The number of carbonyl (C=O) groups is 2. The van der Waals surface area contributed by atoms with Crippen molar-refractivity contribution in [3.8, 4) is 0 Å². The summed E-state index contributed by atoms with van der Waals surface area (Å²) in [5.41, 5.74) is -1.64. The zero-order valence-corrected chi connectivity index (χ0v) is 10.9. The normalized spacial score (nSPS) is 12.3. The van der Waals surface area contributed by atoms with Crippen LogP contribution in [0.5, 0.6) is 0 Å². The van der Waals surface area contributed by atoms with Crippen LogP contribution in [0.25, 0.3) is 0 Å². The van der Waals surface area contributed by atoms with Crippen LogP contribution >= 0.6 is 0 Å². The van der Waals surface area contributed by atoms with Crippen molar-refractivity contribution in [1.82, 2.24) is 5.32 Å². The highest BCUT2D eigenvalue weighted by Gasteiger charge is 2.38. The summed E-state index contributed by atoms with van der Waals surface area (Å²) in [5.74, 6) is -1.18. The van der Waals surface area contributed by atoms with E-state index in [1.165, 1.54) is 13.8 Å². The molecule has 0 radical (unpaired) electrons. The van der Waals surface area contributed by atoms with Gasteiger partial charge in [0.05, 0.1) is 0 Å². The number of amides is 1. The molecule has 0 saturated carbocycles. The van der Waals surface area contributed by atoms with Gasteiger partial charge in [-0.2, -0.15) is 0 Å². The van der Waals surface area contributed by atoms with E-state index in [9.17, 15) is 9.59 Å². The molecule has 0 aromatic rings. The van der Waals surface area contributed by atoms with Crippen LogP contribution in [-0.4, -0.2) is 22.5 Å². The van der Waals surface area contributed by atoms with Gasteiger partial charge in [-0.1, -0.05) is 20.8 Å². The highest BCUT2D eigenvalue weighted by atomic mass is 16.4. The summed E-state index contributed by atoms with van der Waals surface area (Å²) in [7, 11) is 0. The molecule has 0 aliphatic rings. The molecule has 0 rings (SSSR count). The largest absolute Gasteiger partial charge is 0.480 e. The van der Waals surface area contributed by atoms with Crippen LogP contribution in [0.1, 0.15) is 53.9 Å². The van der Waals surface area contributed by atoms with Crippen LogP contribution in [0.3, 0.4) is 0 Å². The van der Waals surface area contributed by atoms with E-state index in [-0.39, 0.29) is 5.91 Å².